The molecule has 1 aromatic rings. The van der Waals surface area contributed by atoms with Crippen LogP contribution in [-0.2, 0) is 21.2 Å². The number of sulfonamides is 1. The van der Waals surface area contributed by atoms with Crippen molar-refractivity contribution in [1.82, 2.24) is 9.62 Å². The number of nitrogens with one attached hydrogen (secondary N) is 1. The van der Waals surface area contributed by atoms with Crippen LogP contribution in [0.4, 0.5) is 0 Å². The highest BCUT2D eigenvalue weighted by atomic mass is 32.2. The Labute approximate surface area is 126 Å². The summed E-state index contributed by atoms with van der Waals surface area (Å²) in [5, 5.41) is 0. The Hall–Kier alpha value is -1.40. The Morgan fingerprint density at radius 2 is 1.81 bits per heavy atom. The number of likely N-dealkylation sites (tertiary alicyclic amines) is 1. The van der Waals surface area contributed by atoms with Crippen LogP contribution in [0.15, 0.2) is 29.2 Å². The third-order valence-electron chi connectivity index (χ3n) is 3.90. The summed E-state index contributed by atoms with van der Waals surface area (Å²) < 4.78 is 27.4. The minimum Gasteiger partial charge on any atom is -0.343 e. The Balaban J connectivity index is 1.99. The molecule has 1 heterocycles. The number of carbonyl (C=O) groups excluding carboxylic acids is 1. The van der Waals surface area contributed by atoms with Gasteiger partial charge in [0, 0.05) is 26.1 Å². The number of aryl methyl sites for hydroxylation is 1. The van der Waals surface area contributed by atoms with Crippen LogP contribution in [0.25, 0.3) is 0 Å². The number of hydrogen-bond acceptors (Lipinski definition) is 3. The van der Waals surface area contributed by atoms with Gasteiger partial charge in [0.25, 0.3) is 0 Å². The van der Waals surface area contributed by atoms with Crippen LogP contribution in [0.5, 0.6) is 0 Å². The summed E-state index contributed by atoms with van der Waals surface area (Å²) in [6, 6.07) is 6.87. The fraction of sp³-hybridized carbons (Fsp3) is 0.533. The van der Waals surface area contributed by atoms with Gasteiger partial charge in [-0.3, -0.25) is 4.79 Å². The number of nitrogens with zero attached hydrogens (tertiary/aromatic N) is 1. The standard InChI is InChI=1S/C15H22N2O3S/c1-3-13-4-6-15(7-5-13)21(19,20)16-14-8-10-17(11-9-14)12(2)18/h4-7,14,16H,3,8-11H2,1-2H3. The van der Waals surface area contributed by atoms with Crippen molar-refractivity contribution >= 4 is 15.9 Å². The second-order valence-electron chi connectivity index (χ2n) is 5.40. The number of piperidine rings is 1. The van der Waals surface area contributed by atoms with E-state index in [-0.39, 0.29) is 11.9 Å². The first kappa shape index (κ1) is 16.0. The van der Waals surface area contributed by atoms with E-state index in [0.29, 0.717) is 30.8 Å². The van der Waals surface area contributed by atoms with Crippen molar-refractivity contribution in [3.8, 4) is 0 Å². The van der Waals surface area contributed by atoms with Crippen LogP contribution in [0.1, 0.15) is 32.3 Å². The molecule has 0 bridgehead atoms. The molecule has 116 valence electrons. The van der Waals surface area contributed by atoms with Crippen molar-refractivity contribution < 1.29 is 13.2 Å². The van der Waals surface area contributed by atoms with Crippen LogP contribution in [0, 0.1) is 0 Å². The fourth-order valence-corrected chi connectivity index (χ4v) is 3.81. The maximum absolute atomic E-state index is 12.3. The molecule has 1 fully saturated rings. The summed E-state index contributed by atoms with van der Waals surface area (Å²) in [7, 11) is -3.48. The first-order valence-electron chi connectivity index (χ1n) is 7.29. The smallest absolute Gasteiger partial charge is 0.240 e. The van der Waals surface area contributed by atoms with Crippen molar-refractivity contribution in [3.63, 3.8) is 0 Å². The molecule has 0 aromatic heterocycles. The monoisotopic (exact) mass is 310 g/mol. The minimum atomic E-state index is -3.48. The molecule has 1 aliphatic heterocycles. The van der Waals surface area contributed by atoms with Gasteiger partial charge >= 0.3 is 0 Å². The van der Waals surface area contributed by atoms with E-state index in [1.54, 1.807) is 24.0 Å². The van der Waals surface area contributed by atoms with Crippen molar-refractivity contribution in [3.05, 3.63) is 29.8 Å². The average Bonchev–Trinajstić information content (AvgIpc) is 2.47. The molecule has 5 nitrogen and oxygen atoms in total. The lowest BCUT2D eigenvalue weighted by atomic mass is 10.1. The molecule has 1 aromatic carbocycles. The molecule has 6 heteroatoms. The minimum absolute atomic E-state index is 0.0476. The van der Waals surface area contributed by atoms with Crippen molar-refractivity contribution in [2.24, 2.45) is 0 Å². The summed E-state index contributed by atoms with van der Waals surface area (Å²) in [6.45, 7) is 4.79. The molecule has 0 saturated carbocycles. The van der Waals surface area contributed by atoms with Crippen LogP contribution in [0.2, 0.25) is 0 Å². The third kappa shape index (κ3) is 4.04. The fourth-order valence-electron chi connectivity index (χ4n) is 2.50. The maximum atomic E-state index is 12.3. The van der Waals surface area contributed by atoms with Gasteiger partial charge in [0.2, 0.25) is 15.9 Å². The van der Waals surface area contributed by atoms with Crippen LogP contribution < -0.4 is 4.72 Å². The number of benzene rings is 1. The zero-order valence-electron chi connectivity index (χ0n) is 12.5. The van der Waals surface area contributed by atoms with Gasteiger partial charge in [-0.15, -0.1) is 0 Å². The van der Waals surface area contributed by atoms with E-state index in [2.05, 4.69) is 4.72 Å². The predicted octanol–water partition coefficient (Wildman–Crippen LogP) is 1.54. The van der Waals surface area contributed by atoms with Gasteiger partial charge < -0.3 is 4.90 Å². The van der Waals surface area contributed by atoms with Crippen molar-refractivity contribution in [2.75, 3.05) is 13.1 Å². The van der Waals surface area contributed by atoms with Gasteiger partial charge in [-0.05, 0) is 37.0 Å². The summed E-state index contributed by atoms with van der Waals surface area (Å²) in [4.78, 5) is 13.3. The lowest BCUT2D eigenvalue weighted by molar-refractivity contribution is -0.129. The molecule has 1 N–H and O–H groups in total. The summed E-state index contributed by atoms with van der Waals surface area (Å²) in [5.41, 5.74) is 1.11. The van der Waals surface area contributed by atoms with Crippen molar-refractivity contribution in [2.45, 2.75) is 44.0 Å². The number of rotatable bonds is 4. The number of amides is 1. The van der Waals surface area contributed by atoms with Gasteiger partial charge in [-0.2, -0.15) is 0 Å². The second-order valence-corrected chi connectivity index (χ2v) is 7.11. The molecule has 1 aliphatic rings. The van der Waals surface area contributed by atoms with Crippen molar-refractivity contribution in [1.29, 1.82) is 0 Å². The summed E-state index contributed by atoms with van der Waals surface area (Å²) in [5.74, 6) is 0.0476. The zero-order valence-corrected chi connectivity index (χ0v) is 13.3. The Kier molecular flexibility index (Phi) is 5.00. The molecule has 0 unspecified atom stereocenters. The quantitative estimate of drug-likeness (QED) is 0.917. The topological polar surface area (TPSA) is 66.5 Å². The molecule has 0 radical (unpaired) electrons. The highest BCUT2D eigenvalue weighted by molar-refractivity contribution is 7.89. The largest absolute Gasteiger partial charge is 0.343 e. The van der Waals surface area contributed by atoms with E-state index in [1.165, 1.54) is 0 Å². The SMILES string of the molecule is CCc1ccc(S(=O)(=O)NC2CCN(C(C)=O)CC2)cc1. The third-order valence-corrected chi connectivity index (χ3v) is 5.44. The summed E-state index contributed by atoms with van der Waals surface area (Å²) >= 11 is 0. The van der Waals surface area contributed by atoms with E-state index in [4.69, 9.17) is 0 Å². The lowest BCUT2D eigenvalue weighted by Crippen LogP contribution is -2.45. The highest BCUT2D eigenvalue weighted by Crippen LogP contribution is 2.16. The Morgan fingerprint density at radius 1 is 1.24 bits per heavy atom. The molecular weight excluding hydrogens is 288 g/mol. The van der Waals surface area contributed by atoms with E-state index in [9.17, 15) is 13.2 Å². The lowest BCUT2D eigenvalue weighted by Gasteiger charge is -2.31. The molecule has 1 amide bonds. The normalized spacial score (nSPS) is 17.0. The van der Waals surface area contributed by atoms with Crippen LogP contribution >= 0.6 is 0 Å². The van der Waals surface area contributed by atoms with Gasteiger partial charge in [0.15, 0.2) is 0 Å². The van der Waals surface area contributed by atoms with E-state index in [0.717, 1.165) is 12.0 Å². The zero-order chi connectivity index (χ0) is 15.5. The molecular formula is C15H22N2O3S. The molecule has 2 rings (SSSR count). The second kappa shape index (κ2) is 6.58. The first-order chi connectivity index (χ1) is 9.92. The molecule has 0 aliphatic carbocycles. The molecule has 0 atom stereocenters. The molecule has 1 saturated heterocycles. The Morgan fingerprint density at radius 3 is 2.29 bits per heavy atom. The Bertz CT molecular complexity index is 588. The maximum Gasteiger partial charge on any atom is 0.240 e. The van der Waals surface area contributed by atoms with Crippen LogP contribution in [0.3, 0.4) is 0 Å². The number of carbonyl (C=O) groups is 1. The first-order valence-corrected chi connectivity index (χ1v) is 8.77. The highest BCUT2D eigenvalue weighted by Gasteiger charge is 2.25. The van der Waals surface area contributed by atoms with Gasteiger partial charge in [-0.25, -0.2) is 13.1 Å². The molecule has 21 heavy (non-hydrogen) atoms. The van der Waals surface area contributed by atoms with Gasteiger partial charge in [0.05, 0.1) is 4.90 Å². The number of hydrogen-bond donors (Lipinski definition) is 1. The summed E-state index contributed by atoms with van der Waals surface area (Å²) in [6.07, 6.45) is 2.20. The average molecular weight is 310 g/mol. The van der Waals surface area contributed by atoms with E-state index < -0.39 is 10.0 Å². The van der Waals surface area contributed by atoms with Gasteiger partial charge in [-0.1, -0.05) is 19.1 Å². The van der Waals surface area contributed by atoms with E-state index in [1.807, 2.05) is 19.1 Å². The van der Waals surface area contributed by atoms with Crippen LogP contribution in [-0.4, -0.2) is 38.4 Å². The molecule has 0 spiro atoms. The van der Waals surface area contributed by atoms with Gasteiger partial charge in [0.1, 0.15) is 0 Å². The predicted molar refractivity (Wildman–Crippen MR) is 81.4 cm³/mol. The van der Waals surface area contributed by atoms with E-state index >= 15 is 0 Å².